The number of unbranched alkanes of at least 4 members (excludes halogenated alkanes) is 3. The third-order valence-electron chi connectivity index (χ3n) is 4.38. The number of hydrazine groups is 1. The Kier molecular flexibility index (Phi) is 4.32. The first-order chi connectivity index (χ1) is 8.24. The average molecular weight is 237 g/mol. The Bertz CT molecular complexity index is 285. The van der Waals surface area contributed by atoms with Crippen LogP contribution in [0.3, 0.4) is 0 Å². The Morgan fingerprint density at radius 3 is 2.88 bits per heavy atom. The predicted octanol–water partition coefficient (Wildman–Crippen LogP) is 2.73. The van der Waals surface area contributed by atoms with Crippen LogP contribution in [-0.2, 0) is 0 Å². The van der Waals surface area contributed by atoms with Gasteiger partial charge >= 0.3 is 0 Å². The average Bonchev–Trinajstić information content (AvgIpc) is 2.83. The molecule has 1 saturated heterocycles. The van der Waals surface area contributed by atoms with Crippen LogP contribution in [0.2, 0.25) is 0 Å². The van der Waals surface area contributed by atoms with E-state index < -0.39 is 0 Å². The van der Waals surface area contributed by atoms with Gasteiger partial charge in [0.25, 0.3) is 0 Å². The highest BCUT2D eigenvalue weighted by atomic mass is 15.4. The molecule has 0 amide bonds. The first-order valence-corrected chi connectivity index (χ1v) is 7.24. The van der Waals surface area contributed by atoms with Crippen LogP contribution in [0.15, 0.2) is 11.4 Å². The Hall–Kier alpha value is -0.700. The molecule has 2 unspecified atom stereocenters. The van der Waals surface area contributed by atoms with Gasteiger partial charge in [-0.15, -0.1) is 0 Å². The maximum absolute atomic E-state index is 6.27. The summed E-state index contributed by atoms with van der Waals surface area (Å²) in [6.07, 6.45) is 10.1. The zero-order chi connectivity index (χ0) is 12.3. The molecule has 1 heterocycles. The zero-order valence-electron chi connectivity index (χ0n) is 11.1. The number of nitrogens with two attached hydrogens (primary N) is 2. The summed E-state index contributed by atoms with van der Waals surface area (Å²) in [4.78, 5) is 0. The van der Waals surface area contributed by atoms with Gasteiger partial charge in [-0.05, 0) is 31.6 Å². The van der Waals surface area contributed by atoms with E-state index in [2.05, 4.69) is 6.92 Å². The molecule has 2 aliphatic rings. The Morgan fingerprint density at radius 1 is 1.29 bits per heavy atom. The highest BCUT2D eigenvalue weighted by Gasteiger charge is 2.40. The molecule has 0 aromatic rings. The van der Waals surface area contributed by atoms with Crippen LogP contribution < -0.4 is 11.6 Å². The topological polar surface area (TPSA) is 55.3 Å². The third-order valence-corrected chi connectivity index (χ3v) is 4.38. The molecule has 0 aromatic carbocycles. The number of allylic oxidation sites excluding steroid dienone is 2. The van der Waals surface area contributed by atoms with Crippen LogP contribution in [0.1, 0.15) is 58.3 Å². The SMILES string of the molecule is CCCCCC/C(N)=C1\C2CCCC2CN1N. The van der Waals surface area contributed by atoms with Crippen molar-refractivity contribution in [2.24, 2.45) is 23.4 Å². The summed E-state index contributed by atoms with van der Waals surface area (Å²) in [6, 6.07) is 0. The fourth-order valence-corrected chi connectivity index (χ4v) is 3.47. The van der Waals surface area contributed by atoms with Crippen molar-refractivity contribution in [1.29, 1.82) is 0 Å². The fourth-order valence-electron chi connectivity index (χ4n) is 3.47. The molecule has 0 spiro atoms. The van der Waals surface area contributed by atoms with Crippen molar-refractivity contribution in [3.8, 4) is 0 Å². The van der Waals surface area contributed by atoms with E-state index in [4.69, 9.17) is 11.6 Å². The van der Waals surface area contributed by atoms with Gasteiger partial charge in [-0.2, -0.15) is 0 Å². The van der Waals surface area contributed by atoms with Gasteiger partial charge in [-0.3, -0.25) is 0 Å². The molecule has 2 atom stereocenters. The number of nitrogens with zero attached hydrogens (tertiary/aromatic N) is 1. The first-order valence-electron chi connectivity index (χ1n) is 7.24. The minimum atomic E-state index is 0.672. The normalized spacial score (nSPS) is 30.8. The number of hydrogen-bond acceptors (Lipinski definition) is 3. The van der Waals surface area contributed by atoms with Crippen molar-refractivity contribution in [1.82, 2.24) is 5.01 Å². The molecule has 98 valence electrons. The quantitative estimate of drug-likeness (QED) is 0.571. The summed E-state index contributed by atoms with van der Waals surface area (Å²) < 4.78 is 0. The molecular weight excluding hydrogens is 210 g/mol. The van der Waals surface area contributed by atoms with Crippen molar-refractivity contribution in [2.45, 2.75) is 58.3 Å². The Morgan fingerprint density at radius 2 is 2.12 bits per heavy atom. The minimum absolute atomic E-state index is 0.672. The van der Waals surface area contributed by atoms with Gasteiger partial charge in [-0.1, -0.05) is 32.6 Å². The summed E-state index contributed by atoms with van der Waals surface area (Å²) >= 11 is 0. The summed E-state index contributed by atoms with van der Waals surface area (Å²) in [5.41, 5.74) is 8.61. The van der Waals surface area contributed by atoms with Gasteiger partial charge in [0, 0.05) is 18.2 Å². The second-order valence-corrected chi connectivity index (χ2v) is 5.67. The first kappa shape index (κ1) is 12.7. The Labute approximate surface area is 105 Å². The van der Waals surface area contributed by atoms with Gasteiger partial charge in [-0.25, -0.2) is 5.84 Å². The Balaban J connectivity index is 1.93. The maximum Gasteiger partial charge on any atom is 0.0512 e. The number of fused-ring (bicyclic) bond motifs is 1. The predicted molar refractivity (Wildman–Crippen MR) is 71.7 cm³/mol. The van der Waals surface area contributed by atoms with Crippen molar-refractivity contribution < 1.29 is 0 Å². The lowest BCUT2D eigenvalue weighted by Gasteiger charge is -2.19. The molecule has 2 rings (SSSR count). The summed E-state index contributed by atoms with van der Waals surface area (Å²) in [5, 5.41) is 1.93. The van der Waals surface area contributed by atoms with E-state index >= 15 is 0 Å². The van der Waals surface area contributed by atoms with E-state index in [0.29, 0.717) is 5.92 Å². The van der Waals surface area contributed by atoms with E-state index in [0.717, 1.165) is 24.6 Å². The fraction of sp³-hybridized carbons (Fsp3) is 0.857. The van der Waals surface area contributed by atoms with Gasteiger partial charge in [0.2, 0.25) is 0 Å². The molecule has 0 radical (unpaired) electrons. The lowest BCUT2D eigenvalue weighted by atomic mass is 9.95. The standard InChI is InChI=1S/C14H27N3/c1-2-3-4-5-9-13(15)14-12-8-6-7-11(12)10-17(14)16/h11-12H,2-10,15-16H2,1H3/b14-13-. The number of rotatable bonds is 5. The zero-order valence-corrected chi connectivity index (χ0v) is 11.1. The second-order valence-electron chi connectivity index (χ2n) is 5.67. The van der Waals surface area contributed by atoms with Crippen LogP contribution in [0, 0.1) is 11.8 Å². The largest absolute Gasteiger partial charge is 0.401 e. The van der Waals surface area contributed by atoms with Crippen LogP contribution in [0.5, 0.6) is 0 Å². The van der Waals surface area contributed by atoms with Crippen LogP contribution in [-0.4, -0.2) is 11.6 Å². The molecular formula is C14H27N3. The van der Waals surface area contributed by atoms with E-state index in [1.165, 1.54) is 50.6 Å². The van der Waals surface area contributed by atoms with Crippen molar-refractivity contribution in [3.63, 3.8) is 0 Å². The third kappa shape index (κ3) is 2.76. The molecule has 2 fully saturated rings. The molecule has 17 heavy (non-hydrogen) atoms. The van der Waals surface area contributed by atoms with Gasteiger partial charge in [0.15, 0.2) is 0 Å². The van der Waals surface area contributed by atoms with Crippen LogP contribution in [0.4, 0.5) is 0 Å². The monoisotopic (exact) mass is 237 g/mol. The summed E-state index contributed by atoms with van der Waals surface area (Å²) in [7, 11) is 0. The summed E-state index contributed by atoms with van der Waals surface area (Å²) in [6.45, 7) is 3.26. The smallest absolute Gasteiger partial charge is 0.0512 e. The second kappa shape index (κ2) is 5.76. The van der Waals surface area contributed by atoms with E-state index in [1.807, 2.05) is 5.01 Å². The van der Waals surface area contributed by atoms with Gasteiger partial charge < -0.3 is 10.7 Å². The molecule has 1 saturated carbocycles. The van der Waals surface area contributed by atoms with Crippen LogP contribution in [0.25, 0.3) is 0 Å². The van der Waals surface area contributed by atoms with Crippen molar-refractivity contribution >= 4 is 0 Å². The van der Waals surface area contributed by atoms with E-state index in [9.17, 15) is 0 Å². The molecule has 4 N–H and O–H groups in total. The minimum Gasteiger partial charge on any atom is -0.401 e. The van der Waals surface area contributed by atoms with Crippen molar-refractivity contribution in [3.05, 3.63) is 11.4 Å². The van der Waals surface area contributed by atoms with Crippen molar-refractivity contribution in [2.75, 3.05) is 6.54 Å². The van der Waals surface area contributed by atoms with Gasteiger partial charge in [0.05, 0.1) is 5.70 Å². The molecule has 3 nitrogen and oxygen atoms in total. The molecule has 3 heteroatoms. The highest BCUT2D eigenvalue weighted by molar-refractivity contribution is 5.19. The van der Waals surface area contributed by atoms with E-state index in [-0.39, 0.29) is 0 Å². The summed E-state index contributed by atoms with van der Waals surface area (Å²) in [5.74, 6) is 7.55. The molecule has 1 aliphatic carbocycles. The maximum atomic E-state index is 6.27. The highest BCUT2D eigenvalue weighted by Crippen LogP contribution is 2.44. The molecule has 0 aromatic heterocycles. The lowest BCUT2D eigenvalue weighted by Crippen LogP contribution is -2.29. The van der Waals surface area contributed by atoms with E-state index in [1.54, 1.807) is 0 Å². The lowest BCUT2D eigenvalue weighted by molar-refractivity contribution is 0.369. The van der Waals surface area contributed by atoms with Gasteiger partial charge in [0.1, 0.15) is 0 Å². The van der Waals surface area contributed by atoms with Crippen LogP contribution >= 0.6 is 0 Å². The number of hydrogen-bond donors (Lipinski definition) is 2. The molecule has 1 aliphatic heterocycles. The molecule has 0 bridgehead atoms.